The lowest BCUT2D eigenvalue weighted by Crippen LogP contribution is -2.49. The second-order valence-corrected chi connectivity index (χ2v) is 8.63. The fourth-order valence-electron chi connectivity index (χ4n) is 2.38. The number of hydrogen-bond donors (Lipinski definition) is 3. The zero-order chi connectivity index (χ0) is 18.8. The molecule has 2 aromatic rings. The van der Waals surface area contributed by atoms with Gasteiger partial charge in [-0.2, -0.15) is 5.10 Å². The van der Waals surface area contributed by atoms with Gasteiger partial charge >= 0.3 is 0 Å². The highest BCUT2D eigenvalue weighted by Crippen LogP contribution is 2.26. The first-order chi connectivity index (χ1) is 11.6. The van der Waals surface area contributed by atoms with E-state index in [4.69, 9.17) is 5.21 Å². The van der Waals surface area contributed by atoms with Gasteiger partial charge in [0.1, 0.15) is 5.75 Å². The molecule has 1 unspecified atom stereocenters. The van der Waals surface area contributed by atoms with Crippen LogP contribution in [-0.4, -0.2) is 45.4 Å². The molecule has 25 heavy (non-hydrogen) atoms. The molecule has 1 amide bonds. The highest BCUT2D eigenvalue weighted by atomic mass is 32.2. The molecule has 0 bridgehead atoms. The van der Waals surface area contributed by atoms with Crippen molar-refractivity contribution in [2.24, 2.45) is 0 Å². The smallest absolute Gasteiger partial charge is 0.264 e. The first-order valence-electron chi connectivity index (χ1n) is 7.55. The van der Waals surface area contributed by atoms with E-state index in [0.29, 0.717) is 0 Å². The Labute approximate surface area is 146 Å². The molecule has 0 aliphatic carbocycles. The first kappa shape index (κ1) is 18.9. The largest absolute Gasteiger partial charge is 0.508 e. The van der Waals surface area contributed by atoms with Crippen molar-refractivity contribution < 1.29 is 23.5 Å². The van der Waals surface area contributed by atoms with Gasteiger partial charge in [0.2, 0.25) is 0 Å². The van der Waals surface area contributed by atoms with E-state index in [1.807, 2.05) is 6.07 Å². The fraction of sp³-hybridized carbons (Fsp3) is 0.375. The standard InChI is InChI=1S/C16H21N3O5S/c1-11-8-12(4-5-14(11)20)13-9-17-19(10-13)7-6-16(2,15(21)18-22)25(3,23)24/h4-5,8-10,20,22H,6-7H2,1-3H3,(H,18,21). The molecular weight excluding hydrogens is 346 g/mol. The number of benzene rings is 1. The molecule has 2 rings (SSSR count). The molecule has 8 nitrogen and oxygen atoms in total. The molecule has 0 fully saturated rings. The highest BCUT2D eigenvalue weighted by Gasteiger charge is 2.43. The number of aromatic nitrogens is 2. The monoisotopic (exact) mass is 367 g/mol. The number of amides is 1. The van der Waals surface area contributed by atoms with Gasteiger partial charge in [0.05, 0.1) is 6.20 Å². The first-order valence-corrected chi connectivity index (χ1v) is 9.44. The summed E-state index contributed by atoms with van der Waals surface area (Å²) in [5.41, 5.74) is 3.81. The third-order valence-corrected chi connectivity index (χ3v) is 6.41. The fourth-order valence-corrected chi connectivity index (χ4v) is 3.23. The minimum Gasteiger partial charge on any atom is -0.508 e. The number of hydroxylamine groups is 1. The van der Waals surface area contributed by atoms with E-state index in [1.165, 1.54) is 17.1 Å². The van der Waals surface area contributed by atoms with Crippen molar-refractivity contribution >= 4 is 15.7 Å². The van der Waals surface area contributed by atoms with Gasteiger partial charge in [-0.15, -0.1) is 0 Å². The summed E-state index contributed by atoms with van der Waals surface area (Å²) in [6.45, 7) is 3.23. The molecule has 1 heterocycles. The van der Waals surface area contributed by atoms with Crippen LogP contribution in [-0.2, 0) is 21.2 Å². The number of carbonyl (C=O) groups is 1. The van der Waals surface area contributed by atoms with E-state index >= 15 is 0 Å². The summed E-state index contributed by atoms with van der Waals surface area (Å²) in [7, 11) is -3.74. The van der Waals surface area contributed by atoms with Crippen molar-refractivity contribution in [3.8, 4) is 16.9 Å². The summed E-state index contributed by atoms with van der Waals surface area (Å²) >= 11 is 0. The average Bonchev–Trinajstić information content (AvgIpc) is 3.02. The zero-order valence-electron chi connectivity index (χ0n) is 14.2. The number of phenolic OH excluding ortho intramolecular Hbond substituents is 1. The van der Waals surface area contributed by atoms with Crippen molar-refractivity contribution in [1.29, 1.82) is 0 Å². The van der Waals surface area contributed by atoms with Crippen LogP contribution in [0.2, 0.25) is 0 Å². The van der Waals surface area contributed by atoms with E-state index in [1.54, 1.807) is 31.5 Å². The van der Waals surface area contributed by atoms with Crippen molar-refractivity contribution in [3.05, 3.63) is 36.2 Å². The average molecular weight is 367 g/mol. The highest BCUT2D eigenvalue weighted by molar-refractivity contribution is 7.92. The Kier molecular flexibility index (Phi) is 5.19. The van der Waals surface area contributed by atoms with E-state index in [2.05, 4.69) is 5.10 Å². The lowest BCUT2D eigenvalue weighted by molar-refractivity contribution is -0.131. The molecule has 0 radical (unpaired) electrons. The topological polar surface area (TPSA) is 122 Å². The number of nitrogens with one attached hydrogen (secondary N) is 1. The molecule has 0 aliphatic rings. The molecular formula is C16H21N3O5S. The summed E-state index contributed by atoms with van der Waals surface area (Å²) in [6, 6.07) is 5.16. The van der Waals surface area contributed by atoms with Crippen LogP contribution in [0.3, 0.4) is 0 Å². The maximum atomic E-state index is 11.9. The molecule has 0 saturated carbocycles. The Hall–Kier alpha value is -2.39. The van der Waals surface area contributed by atoms with Gasteiger partial charge in [-0.25, -0.2) is 13.9 Å². The van der Waals surface area contributed by atoms with Gasteiger partial charge in [-0.05, 0) is 43.5 Å². The minimum atomic E-state index is -3.74. The summed E-state index contributed by atoms with van der Waals surface area (Å²) in [6.07, 6.45) is 4.25. The maximum absolute atomic E-state index is 11.9. The number of phenols is 1. The van der Waals surface area contributed by atoms with E-state index < -0.39 is 20.5 Å². The van der Waals surface area contributed by atoms with Crippen LogP contribution < -0.4 is 5.48 Å². The molecule has 136 valence electrons. The zero-order valence-corrected chi connectivity index (χ0v) is 15.0. The van der Waals surface area contributed by atoms with E-state index in [0.717, 1.165) is 22.9 Å². The van der Waals surface area contributed by atoms with Gasteiger partial charge in [0.15, 0.2) is 14.6 Å². The van der Waals surface area contributed by atoms with Crippen LogP contribution >= 0.6 is 0 Å². The molecule has 0 aliphatic heterocycles. The van der Waals surface area contributed by atoms with Gasteiger partial charge in [-0.3, -0.25) is 14.7 Å². The number of hydrogen-bond acceptors (Lipinski definition) is 6. The van der Waals surface area contributed by atoms with Crippen molar-refractivity contribution in [3.63, 3.8) is 0 Å². The normalized spacial score (nSPS) is 14.1. The van der Waals surface area contributed by atoms with Crippen molar-refractivity contribution in [2.45, 2.75) is 31.6 Å². The predicted molar refractivity (Wildman–Crippen MR) is 91.9 cm³/mol. The Balaban J connectivity index is 2.20. The second-order valence-electron chi connectivity index (χ2n) is 6.19. The molecule has 1 atom stereocenters. The Bertz CT molecular complexity index is 891. The second kappa shape index (κ2) is 6.85. The Morgan fingerprint density at radius 3 is 2.60 bits per heavy atom. The number of aryl methyl sites for hydroxylation is 2. The molecule has 1 aromatic heterocycles. The lowest BCUT2D eigenvalue weighted by atomic mass is 10.1. The van der Waals surface area contributed by atoms with Crippen LogP contribution in [0.15, 0.2) is 30.6 Å². The van der Waals surface area contributed by atoms with E-state index in [-0.39, 0.29) is 18.7 Å². The van der Waals surface area contributed by atoms with Crippen LogP contribution in [0.5, 0.6) is 5.75 Å². The lowest BCUT2D eigenvalue weighted by Gasteiger charge is -2.24. The number of nitrogens with zero attached hydrogens (tertiary/aromatic N) is 2. The van der Waals surface area contributed by atoms with Gasteiger partial charge in [-0.1, -0.05) is 6.07 Å². The van der Waals surface area contributed by atoms with Gasteiger partial charge in [0, 0.05) is 24.6 Å². The predicted octanol–water partition coefficient (Wildman–Crippen LogP) is 1.26. The SMILES string of the molecule is Cc1cc(-c2cnn(CCC(C)(C(=O)NO)S(C)(=O)=O)c2)ccc1O. The molecule has 1 aromatic carbocycles. The minimum absolute atomic E-state index is 0.0477. The van der Waals surface area contributed by atoms with E-state index in [9.17, 15) is 18.3 Å². The van der Waals surface area contributed by atoms with Crippen LogP contribution in [0.4, 0.5) is 0 Å². The third-order valence-electron chi connectivity index (χ3n) is 4.38. The Morgan fingerprint density at radius 2 is 2.04 bits per heavy atom. The summed E-state index contributed by atoms with van der Waals surface area (Å²) in [5, 5.41) is 22.6. The number of sulfone groups is 1. The third kappa shape index (κ3) is 3.83. The van der Waals surface area contributed by atoms with Gasteiger partial charge < -0.3 is 5.11 Å². The van der Waals surface area contributed by atoms with Crippen LogP contribution in [0.25, 0.3) is 11.1 Å². The molecule has 3 N–H and O–H groups in total. The maximum Gasteiger partial charge on any atom is 0.264 e. The number of carbonyl (C=O) groups excluding carboxylic acids is 1. The summed E-state index contributed by atoms with van der Waals surface area (Å²) in [4.78, 5) is 11.8. The Morgan fingerprint density at radius 1 is 1.36 bits per heavy atom. The number of aromatic hydroxyl groups is 1. The molecule has 9 heteroatoms. The summed E-state index contributed by atoms with van der Waals surface area (Å²) < 4.78 is 23.7. The number of rotatable bonds is 6. The van der Waals surface area contributed by atoms with Crippen molar-refractivity contribution in [1.82, 2.24) is 15.3 Å². The van der Waals surface area contributed by atoms with Crippen LogP contribution in [0, 0.1) is 6.92 Å². The quantitative estimate of drug-likeness (QED) is 0.522. The summed E-state index contributed by atoms with van der Waals surface area (Å²) in [5.74, 6) is -0.772. The van der Waals surface area contributed by atoms with Crippen LogP contribution in [0.1, 0.15) is 18.9 Å². The van der Waals surface area contributed by atoms with Crippen molar-refractivity contribution in [2.75, 3.05) is 6.26 Å². The molecule has 0 spiro atoms. The van der Waals surface area contributed by atoms with Gasteiger partial charge in [0.25, 0.3) is 5.91 Å². The molecule has 0 saturated heterocycles.